The number of rotatable bonds is 4. The standard InChI is InChI=1S/C12H15N3O/c1-16-7-9(13)6-12-10-4-2-3-5-11(10)14-8-15-12/h2-5,8-9H,6-7,13H2,1H3. The van der Waals surface area contributed by atoms with Gasteiger partial charge >= 0.3 is 0 Å². The first-order valence-electron chi connectivity index (χ1n) is 5.24. The highest BCUT2D eigenvalue weighted by Gasteiger charge is 2.08. The molecule has 0 aliphatic heterocycles. The van der Waals surface area contributed by atoms with Crippen LogP contribution >= 0.6 is 0 Å². The predicted molar refractivity (Wildman–Crippen MR) is 63.1 cm³/mol. The molecule has 0 radical (unpaired) electrons. The first-order valence-corrected chi connectivity index (χ1v) is 5.24. The summed E-state index contributed by atoms with van der Waals surface area (Å²) in [6.07, 6.45) is 2.29. The van der Waals surface area contributed by atoms with E-state index in [9.17, 15) is 0 Å². The van der Waals surface area contributed by atoms with E-state index in [-0.39, 0.29) is 6.04 Å². The molecular weight excluding hydrogens is 202 g/mol. The van der Waals surface area contributed by atoms with Crippen molar-refractivity contribution in [3.8, 4) is 0 Å². The van der Waals surface area contributed by atoms with Crippen LogP contribution in [0.15, 0.2) is 30.6 Å². The maximum absolute atomic E-state index is 5.92. The molecule has 84 valence electrons. The molecule has 0 aliphatic carbocycles. The first-order chi connectivity index (χ1) is 7.81. The molecule has 0 bridgehead atoms. The van der Waals surface area contributed by atoms with Crippen LogP contribution in [0.2, 0.25) is 0 Å². The molecule has 1 heterocycles. The third kappa shape index (κ3) is 2.35. The van der Waals surface area contributed by atoms with Gasteiger partial charge in [-0.25, -0.2) is 9.97 Å². The fraction of sp³-hybridized carbons (Fsp3) is 0.333. The van der Waals surface area contributed by atoms with Crippen molar-refractivity contribution in [2.24, 2.45) is 5.73 Å². The predicted octanol–water partition coefficient (Wildman–Crippen LogP) is 1.15. The monoisotopic (exact) mass is 217 g/mol. The highest BCUT2D eigenvalue weighted by atomic mass is 16.5. The second kappa shape index (κ2) is 5.01. The Hall–Kier alpha value is -1.52. The summed E-state index contributed by atoms with van der Waals surface area (Å²) < 4.78 is 5.02. The van der Waals surface area contributed by atoms with E-state index in [1.807, 2.05) is 24.3 Å². The molecule has 2 N–H and O–H groups in total. The van der Waals surface area contributed by atoms with Gasteiger partial charge < -0.3 is 10.5 Å². The second-order valence-electron chi connectivity index (χ2n) is 3.76. The molecule has 0 spiro atoms. The Morgan fingerprint density at radius 3 is 2.94 bits per heavy atom. The maximum atomic E-state index is 5.92. The summed E-state index contributed by atoms with van der Waals surface area (Å²) in [7, 11) is 1.65. The van der Waals surface area contributed by atoms with E-state index in [2.05, 4.69) is 9.97 Å². The number of benzene rings is 1. The Labute approximate surface area is 94.5 Å². The van der Waals surface area contributed by atoms with E-state index in [0.717, 1.165) is 16.6 Å². The molecule has 1 aromatic heterocycles. The molecule has 0 fully saturated rings. The van der Waals surface area contributed by atoms with Gasteiger partial charge in [-0.3, -0.25) is 0 Å². The lowest BCUT2D eigenvalue weighted by atomic mass is 10.1. The van der Waals surface area contributed by atoms with Gasteiger partial charge in [0.1, 0.15) is 6.33 Å². The Morgan fingerprint density at radius 1 is 1.31 bits per heavy atom. The highest BCUT2D eigenvalue weighted by molar-refractivity contribution is 5.80. The van der Waals surface area contributed by atoms with Crippen LogP contribution in [0.5, 0.6) is 0 Å². The lowest BCUT2D eigenvalue weighted by Gasteiger charge is -2.10. The third-order valence-electron chi connectivity index (χ3n) is 2.46. The van der Waals surface area contributed by atoms with Gasteiger partial charge in [0.25, 0.3) is 0 Å². The molecule has 16 heavy (non-hydrogen) atoms. The number of nitrogens with two attached hydrogens (primary N) is 1. The van der Waals surface area contributed by atoms with Crippen molar-refractivity contribution in [1.82, 2.24) is 9.97 Å². The normalized spacial score (nSPS) is 12.9. The molecule has 2 rings (SSSR count). The van der Waals surface area contributed by atoms with Crippen molar-refractivity contribution < 1.29 is 4.74 Å². The van der Waals surface area contributed by atoms with Crippen LogP contribution in [0.4, 0.5) is 0 Å². The number of hydrogen-bond acceptors (Lipinski definition) is 4. The topological polar surface area (TPSA) is 61.0 Å². The molecular formula is C12H15N3O. The fourth-order valence-corrected chi connectivity index (χ4v) is 1.74. The summed E-state index contributed by atoms with van der Waals surface area (Å²) in [4.78, 5) is 8.49. The number of para-hydroxylation sites is 1. The van der Waals surface area contributed by atoms with Gasteiger partial charge in [0, 0.05) is 25.0 Å². The first kappa shape index (κ1) is 11.0. The Bertz CT molecular complexity index is 467. The van der Waals surface area contributed by atoms with E-state index in [4.69, 9.17) is 10.5 Å². The van der Waals surface area contributed by atoms with Crippen LogP contribution in [0.3, 0.4) is 0 Å². The van der Waals surface area contributed by atoms with Crippen molar-refractivity contribution in [3.05, 3.63) is 36.3 Å². The summed E-state index contributed by atoms with van der Waals surface area (Å²) in [5.41, 5.74) is 7.86. The van der Waals surface area contributed by atoms with Gasteiger partial charge in [-0.2, -0.15) is 0 Å². The molecule has 4 heteroatoms. The van der Waals surface area contributed by atoms with Crippen molar-refractivity contribution in [1.29, 1.82) is 0 Å². The molecule has 4 nitrogen and oxygen atoms in total. The quantitative estimate of drug-likeness (QED) is 0.834. The van der Waals surface area contributed by atoms with Crippen LogP contribution in [0.25, 0.3) is 10.9 Å². The second-order valence-corrected chi connectivity index (χ2v) is 3.76. The number of fused-ring (bicyclic) bond motifs is 1. The average molecular weight is 217 g/mol. The molecule has 2 aromatic rings. The molecule has 0 aliphatic rings. The number of hydrogen-bond donors (Lipinski definition) is 1. The minimum Gasteiger partial charge on any atom is -0.383 e. The minimum absolute atomic E-state index is 0.0247. The lowest BCUT2D eigenvalue weighted by molar-refractivity contribution is 0.180. The van der Waals surface area contributed by atoms with Gasteiger partial charge in [-0.15, -0.1) is 0 Å². The van der Waals surface area contributed by atoms with Gasteiger partial charge in [-0.05, 0) is 6.07 Å². The molecule has 1 unspecified atom stereocenters. The number of ether oxygens (including phenoxy) is 1. The van der Waals surface area contributed by atoms with Crippen LogP contribution in [0, 0.1) is 0 Å². The van der Waals surface area contributed by atoms with E-state index in [1.54, 1.807) is 13.4 Å². The zero-order chi connectivity index (χ0) is 11.4. The summed E-state index contributed by atoms with van der Waals surface area (Å²) in [5.74, 6) is 0. The summed E-state index contributed by atoms with van der Waals surface area (Å²) >= 11 is 0. The average Bonchev–Trinajstić information content (AvgIpc) is 2.30. The zero-order valence-corrected chi connectivity index (χ0v) is 9.26. The molecule has 1 atom stereocenters. The van der Waals surface area contributed by atoms with Crippen LogP contribution < -0.4 is 5.73 Å². The van der Waals surface area contributed by atoms with Gasteiger partial charge in [0.15, 0.2) is 0 Å². The third-order valence-corrected chi connectivity index (χ3v) is 2.46. The summed E-state index contributed by atoms with van der Waals surface area (Å²) in [5, 5.41) is 1.07. The van der Waals surface area contributed by atoms with E-state index in [0.29, 0.717) is 13.0 Å². The van der Waals surface area contributed by atoms with Crippen molar-refractivity contribution in [3.63, 3.8) is 0 Å². The summed E-state index contributed by atoms with van der Waals surface area (Å²) in [6.45, 7) is 0.540. The molecule has 1 aromatic carbocycles. The zero-order valence-electron chi connectivity index (χ0n) is 9.26. The number of aromatic nitrogens is 2. The van der Waals surface area contributed by atoms with E-state index >= 15 is 0 Å². The van der Waals surface area contributed by atoms with Gasteiger partial charge in [-0.1, -0.05) is 18.2 Å². The highest BCUT2D eigenvalue weighted by Crippen LogP contribution is 2.14. The van der Waals surface area contributed by atoms with Gasteiger partial charge in [0.05, 0.1) is 17.8 Å². The SMILES string of the molecule is COCC(N)Cc1ncnc2ccccc12. The van der Waals surface area contributed by atoms with Crippen LogP contribution in [0.1, 0.15) is 5.69 Å². The Morgan fingerprint density at radius 2 is 2.12 bits per heavy atom. The van der Waals surface area contributed by atoms with Crippen molar-refractivity contribution in [2.75, 3.05) is 13.7 Å². The summed E-state index contributed by atoms with van der Waals surface area (Å²) in [6, 6.07) is 7.92. The van der Waals surface area contributed by atoms with E-state index < -0.39 is 0 Å². The Kier molecular flexibility index (Phi) is 3.44. The fourth-order valence-electron chi connectivity index (χ4n) is 1.74. The molecule has 0 saturated heterocycles. The number of nitrogens with zero attached hydrogens (tertiary/aromatic N) is 2. The minimum atomic E-state index is -0.0247. The molecule has 0 amide bonds. The van der Waals surface area contributed by atoms with E-state index in [1.165, 1.54) is 0 Å². The largest absolute Gasteiger partial charge is 0.383 e. The van der Waals surface area contributed by atoms with Crippen molar-refractivity contribution in [2.45, 2.75) is 12.5 Å². The Balaban J connectivity index is 2.30. The maximum Gasteiger partial charge on any atom is 0.116 e. The molecule has 0 saturated carbocycles. The van der Waals surface area contributed by atoms with Crippen LogP contribution in [-0.2, 0) is 11.2 Å². The smallest absolute Gasteiger partial charge is 0.116 e. The van der Waals surface area contributed by atoms with Gasteiger partial charge in [0.2, 0.25) is 0 Å². The lowest BCUT2D eigenvalue weighted by Crippen LogP contribution is -2.28. The number of methoxy groups -OCH3 is 1. The van der Waals surface area contributed by atoms with Crippen molar-refractivity contribution >= 4 is 10.9 Å². The van der Waals surface area contributed by atoms with Crippen LogP contribution in [-0.4, -0.2) is 29.7 Å².